The molecule has 0 bridgehead atoms. The summed E-state index contributed by atoms with van der Waals surface area (Å²) in [6, 6.07) is 12.5. The highest BCUT2D eigenvalue weighted by Gasteiger charge is 2.26. The van der Waals surface area contributed by atoms with Crippen molar-refractivity contribution in [1.82, 2.24) is 5.43 Å². The van der Waals surface area contributed by atoms with Crippen LogP contribution < -0.4 is 24.4 Å². The van der Waals surface area contributed by atoms with Crippen molar-refractivity contribution < 1.29 is 23.7 Å². The van der Waals surface area contributed by atoms with E-state index in [4.69, 9.17) is 18.9 Å². The number of fused-ring (bicyclic) bond motifs is 1. The Morgan fingerprint density at radius 2 is 2.11 bits per heavy atom. The van der Waals surface area contributed by atoms with Crippen LogP contribution in [-0.2, 0) is 4.79 Å². The fourth-order valence-electron chi connectivity index (χ4n) is 2.42. The molecule has 1 aliphatic rings. The van der Waals surface area contributed by atoms with Crippen molar-refractivity contribution in [2.45, 2.75) is 6.10 Å². The standard InChI is InChI=1S/C20H20N2O5/c1-3-10-25-16-9-8-14(11-18(16)24-2)12-21-22-20(23)19-13-26-15-6-4-5-7-17(15)27-19/h3-9,11-12,19H,1,10,13H2,2H3,(H,22,23)/b21-12+. The molecule has 1 atom stereocenters. The first-order valence-corrected chi connectivity index (χ1v) is 8.34. The Kier molecular flexibility index (Phi) is 5.94. The number of carbonyl (C=O) groups excluding carboxylic acids is 1. The van der Waals surface area contributed by atoms with Gasteiger partial charge in [-0.25, -0.2) is 5.43 Å². The fourth-order valence-corrected chi connectivity index (χ4v) is 2.42. The van der Waals surface area contributed by atoms with Crippen LogP contribution in [0.15, 0.2) is 60.2 Å². The second kappa shape index (κ2) is 8.75. The lowest BCUT2D eigenvalue weighted by molar-refractivity contribution is -0.130. The summed E-state index contributed by atoms with van der Waals surface area (Å²) in [5.41, 5.74) is 3.20. The fraction of sp³-hybridized carbons (Fsp3) is 0.200. The predicted molar refractivity (Wildman–Crippen MR) is 101 cm³/mol. The summed E-state index contributed by atoms with van der Waals surface area (Å²) >= 11 is 0. The molecule has 2 aromatic carbocycles. The highest BCUT2D eigenvalue weighted by molar-refractivity contribution is 5.85. The van der Waals surface area contributed by atoms with Gasteiger partial charge in [-0.1, -0.05) is 24.8 Å². The van der Waals surface area contributed by atoms with E-state index in [1.807, 2.05) is 12.1 Å². The van der Waals surface area contributed by atoms with Crippen molar-refractivity contribution in [3.8, 4) is 23.0 Å². The molecule has 0 radical (unpaired) electrons. The molecule has 0 saturated carbocycles. The predicted octanol–water partition coefficient (Wildman–Crippen LogP) is 2.55. The molecular formula is C20H20N2O5. The summed E-state index contributed by atoms with van der Waals surface area (Å²) in [5, 5.41) is 3.97. The number of hydrogen-bond donors (Lipinski definition) is 1. The Morgan fingerprint density at radius 1 is 1.30 bits per heavy atom. The van der Waals surface area contributed by atoms with E-state index in [1.54, 1.807) is 43.5 Å². The van der Waals surface area contributed by atoms with E-state index in [0.717, 1.165) is 5.56 Å². The van der Waals surface area contributed by atoms with Crippen molar-refractivity contribution in [3.05, 3.63) is 60.7 Å². The molecule has 140 valence electrons. The third-order valence-corrected chi connectivity index (χ3v) is 3.73. The lowest BCUT2D eigenvalue weighted by atomic mass is 10.2. The molecule has 0 fully saturated rings. The van der Waals surface area contributed by atoms with Crippen LogP contribution in [0.4, 0.5) is 0 Å². The van der Waals surface area contributed by atoms with Crippen molar-refractivity contribution in [2.24, 2.45) is 5.10 Å². The number of nitrogens with zero attached hydrogens (tertiary/aromatic N) is 1. The van der Waals surface area contributed by atoms with Gasteiger partial charge >= 0.3 is 0 Å². The minimum Gasteiger partial charge on any atom is -0.493 e. The minimum absolute atomic E-state index is 0.127. The van der Waals surface area contributed by atoms with E-state index in [2.05, 4.69) is 17.1 Å². The third-order valence-electron chi connectivity index (χ3n) is 3.73. The summed E-state index contributed by atoms with van der Waals surface area (Å²) in [6.45, 7) is 4.12. The van der Waals surface area contributed by atoms with E-state index < -0.39 is 12.0 Å². The first-order valence-electron chi connectivity index (χ1n) is 8.34. The summed E-state index contributed by atoms with van der Waals surface area (Å²) in [6.07, 6.45) is 2.40. The van der Waals surface area contributed by atoms with Crippen molar-refractivity contribution in [3.63, 3.8) is 0 Å². The lowest BCUT2D eigenvalue weighted by Crippen LogP contribution is -2.42. The number of nitrogens with one attached hydrogen (secondary N) is 1. The molecule has 7 heteroatoms. The number of para-hydroxylation sites is 2. The number of hydrazone groups is 1. The molecule has 0 aliphatic carbocycles. The van der Waals surface area contributed by atoms with Crippen LogP contribution in [0.3, 0.4) is 0 Å². The molecule has 1 aliphatic heterocycles. The molecule has 3 rings (SSSR count). The molecule has 1 amide bonds. The van der Waals surface area contributed by atoms with Gasteiger partial charge in [-0.3, -0.25) is 4.79 Å². The van der Waals surface area contributed by atoms with Crippen LogP contribution in [0.5, 0.6) is 23.0 Å². The Bertz CT molecular complexity index is 850. The zero-order chi connectivity index (χ0) is 19.1. The average Bonchev–Trinajstić information content (AvgIpc) is 2.72. The number of rotatable bonds is 7. The number of benzene rings is 2. The van der Waals surface area contributed by atoms with Crippen LogP contribution in [0.25, 0.3) is 0 Å². The highest BCUT2D eigenvalue weighted by atomic mass is 16.6. The lowest BCUT2D eigenvalue weighted by Gasteiger charge is -2.24. The molecule has 2 aromatic rings. The van der Waals surface area contributed by atoms with Gasteiger partial charge in [-0.05, 0) is 35.9 Å². The van der Waals surface area contributed by atoms with Gasteiger partial charge in [0.2, 0.25) is 6.10 Å². The van der Waals surface area contributed by atoms with Crippen LogP contribution in [-0.4, -0.2) is 38.5 Å². The second-order valence-electron chi connectivity index (χ2n) is 5.61. The Labute approximate surface area is 157 Å². The van der Waals surface area contributed by atoms with E-state index in [1.165, 1.54) is 6.21 Å². The normalized spacial score (nSPS) is 15.2. The third kappa shape index (κ3) is 4.58. The van der Waals surface area contributed by atoms with Gasteiger partial charge in [0.1, 0.15) is 13.2 Å². The largest absolute Gasteiger partial charge is 0.493 e. The zero-order valence-corrected chi connectivity index (χ0v) is 14.9. The molecule has 0 aromatic heterocycles. The number of amides is 1. The van der Waals surface area contributed by atoms with E-state index in [0.29, 0.717) is 29.6 Å². The Balaban J connectivity index is 1.59. The molecule has 1 unspecified atom stereocenters. The highest BCUT2D eigenvalue weighted by Crippen LogP contribution is 2.31. The van der Waals surface area contributed by atoms with Crippen molar-refractivity contribution in [1.29, 1.82) is 0 Å². The molecule has 27 heavy (non-hydrogen) atoms. The maximum Gasteiger partial charge on any atom is 0.284 e. The quantitative estimate of drug-likeness (QED) is 0.462. The summed E-state index contributed by atoms with van der Waals surface area (Å²) in [4.78, 5) is 12.2. The Morgan fingerprint density at radius 3 is 2.89 bits per heavy atom. The molecule has 7 nitrogen and oxygen atoms in total. The van der Waals surface area contributed by atoms with Crippen LogP contribution in [0.2, 0.25) is 0 Å². The Hall–Kier alpha value is -3.48. The monoisotopic (exact) mass is 368 g/mol. The van der Waals surface area contributed by atoms with E-state index in [-0.39, 0.29) is 6.61 Å². The van der Waals surface area contributed by atoms with Gasteiger partial charge < -0.3 is 18.9 Å². The number of methoxy groups -OCH3 is 1. The van der Waals surface area contributed by atoms with E-state index >= 15 is 0 Å². The van der Waals surface area contributed by atoms with Gasteiger partial charge in [-0.15, -0.1) is 0 Å². The average molecular weight is 368 g/mol. The van der Waals surface area contributed by atoms with Crippen molar-refractivity contribution in [2.75, 3.05) is 20.3 Å². The van der Waals surface area contributed by atoms with Crippen LogP contribution >= 0.6 is 0 Å². The minimum atomic E-state index is -0.763. The SMILES string of the molecule is C=CCOc1ccc(/C=N/NC(=O)C2COc3ccccc3O2)cc1OC. The summed E-state index contributed by atoms with van der Waals surface area (Å²) < 4.78 is 21.9. The van der Waals surface area contributed by atoms with Crippen LogP contribution in [0.1, 0.15) is 5.56 Å². The first kappa shape index (κ1) is 18.3. The van der Waals surface area contributed by atoms with Gasteiger partial charge in [-0.2, -0.15) is 5.10 Å². The molecule has 1 N–H and O–H groups in total. The van der Waals surface area contributed by atoms with Gasteiger partial charge in [0.25, 0.3) is 5.91 Å². The second-order valence-corrected chi connectivity index (χ2v) is 5.61. The number of carbonyl (C=O) groups is 1. The van der Waals surface area contributed by atoms with Gasteiger partial charge in [0.15, 0.2) is 23.0 Å². The number of ether oxygens (including phenoxy) is 4. The molecule has 1 heterocycles. The first-order chi connectivity index (χ1) is 13.2. The maximum absolute atomic E-state index is 12.2. The number of hydrogen-bond acceptors (Lipinski definition) is 6. The molecular weight excluding hydrogens is 348 g/mol. The smallest absolute Gasteiger partial charge is 0.284 e. The topological polar surface area (TPSA) is 78.4 Å². The summed E-state index contributed by atoms with van der Waals surface area (Å²) in [7, 11) is 1.55. The summed E-state index contributed by atoms with van der Waals surface area (Å²) in [5.74, 6) is 1.93. The molecule has 0 saturated heterocycles. The van der Waals surface area contributed by atoms with E-state index in [9.17, 15) is 4.79 Å². The van der Waals surface area contributed by atoms with Crippen molar-refractivity contribution >= 4 is 12.1 Å². The molecule has 0 spiro atoms. The zero-order valence-electron chi connectivity index (χ0n) is 14.9. The van der Waals surface area contributed by atoms with Gasteiger partial charge in [0.05, 0.1) is 13.3 Å². The van der Waals surface area contributed by atoms with Gasteiger partial charge in [0, 0.05) is 0 Å². The van der Waals surface area contributed by atoms with Crippen LogP contribution in [0, 0.1) is 0 Å². The maximum atomic E-state index is 12.2.